The van der Waals surface area contributed by atoms with Crippen LogP contribution in [0.4, 0.5) is 4.39 Å². The number of halogens is 1. The Hall–Kier alpha value is -0.930. The van der Waals surface area contributed by atoms with Crippen molar-refractivity contribution < 1.29 is 4.39 Å². The third-order valence-corrected chi connectivity index (χ3v) is 5.05. The number of nitrogens with one attached hydrogen (secondary N) is 1. The van der Waals surface area contributed by atoms with Gasteiger partial charge in [0.1, 0.15) is 0 Å². The van der Waals surface area contributed by atoms with Crippen molar-refractivity contribution in [3.05, 3.63) is 35.9 Å². The average molecular weight is 276 g/mol. The fourth-order valence-corrected chi connectivity index (χ4v) is 3.55. The van der Waals surface area contributed by atoms with Gasteiger partial charge in [0.15, 0.2) is 0 Å². The lowest BCUT2D eigenvalue weighted by molar-refractivity contribution is 0.0322. The van der Waals surface area contributed by atoms with Gasteiger partial charge in [-0.05, 0) is 37.7 Å². The predicted octanol–water partition coefficient (Wildman–Crippen LogP) is 3.16. The Balaban J connectivity index is 1.73. The first-order chi connectivity index (χ1) is 9.74. The minimum Gasteiger partial charge on any atom is -0.307 e. The van der Waals surface area contributed by atoms with E-state index in [0.29, 0.717) is 12.5 Å². The Kier molecular flexibility index (Phi) is 4.08. The molecular formula is C17H25FN2. The summed E-state index contributed by atoms with van der Waals surface area (Å²) in [6.07, 6.45) is 3.32. The van der Waals surface area contributed by atoms with E-state index in [1.54, 1.807) is 0 Å². The first-order valence-electron chi connectivity index (χ1n) is 7.83. The minimum atomic E-state index is -0.208. The van der Waals surface area contributed by atoms with Gasteiger partial charge in [-0.25, -0.2) is 0 Å². The van der Waals surface area contributed by atoms with Gasteiger partial charge >= 0.3 is 0 Å². The van der Waals surface area contributed by atoms with Crippen LogP contribution in [0.2, 0.25) is 0 Å². The summed E-state index contributed by atoms with van der Waals surface area (Å²) in [5, 5.41) is 3.72. The van der Waals surface area contributed by atoms with Gasteiger partial charge in [-0.1, -0.05) is 30.3 Å². The molecule has 2 nitrogen and oxygen atoms in total. The third kappa shape index (κ3) is 2.75. The zero-order valence-corrected chi connectivity index (χ0v) is 12.3. The maximum atomic E-state index is 12.6. The van der Waals surface area contributed by atoms with Crippen LogP contribution in [0, 0.1) is 5.92 Å². The molecule has 0 radical (unpaired) electrons. The Morgan fingerprint density at radius 1 is 1.30 bits per heavy atom. The van der Waals surface area contributed by atoms with E-state index in [-0.39, 0.29) is 12.2 Å². The zero-order valence-electron chi connectivity index (χ0n) is 12.3. The quantitative estimate of drug-likeness (QED) is 0.888. The maximum absolute atomic E-state index is 12.6. The van der Waals surface area contributed by atoms with Gasteiger partial charge in [-0.3, -0.25) is 9.29 Å². The van der Waals surface area contributed by atoms with Crippen molar-refractivity contribution in [1.29, 1.82) is 0 Å². The van der Waals surface area contributed by atoms with E-state index >= 15 is 0 Å². The standard InChI is InChI=1S/C17H25FN2/c1-17(15-8-9-15)13-19-16(12-20(17)11-5-10-18)14-6-3-2-4-7-14/h2-4,6-7,15-16,19H,5,8-13H2,1H3. The van der Waals surface area contributed by atoms with E-state index in [1.807, 2.05) is 0 Å². The van der Waals surface area contributed by atoms with E-state index in [2.05, 4.69) is 47.5 Å². The number of hydrogen-bond donors (Lipinski definition) is 1. The van der Waals surface area contributed by atoms with Crippen LogP contribution in [0.15, 0.2) is 30.3 Å². The second-order valence-electron chi connectivity index (χ2n) is 6.46. The van der Waals surface area contributed by atoms with Crippen LogP contribution < -0.4 is 5.32 Å². The molecule has 3 heteroatoms. The van der Waals surface area contributed by atoms with E-state index < -0.39 is 0 Å². The summed E-state index contributed by atoms with van der Waals surface area (Å²) in [6, 6.07) is 11.0. The van der Waals surface area contributed by atoms with Gasteiger partial charge in [0.05, 0.1) is 6.67 Å². The van der Waals surface area contributed by atoms with Crippen molar-refractivity contribution in [2.75, 3.05) is 26.3 Å². The van der Waals surface area contributed by atoms with E-state index in [4.69, 9.17) is 0 Å². The molecular weight excluding hydrogens is 251 g/mol. The fourth-order valence-electron chi connectivity index (χ4n) is 3.55. The van der Waals surface area contributed by atoms with Gasteiger partial charge in [-0.15, -0.1) is 0 Å². The van der Waals surface area contributed by atoms with E-state index in [0.717, 1.165) is 25.6 Å². The normalized spacial score (nSPS) is 31.4. The molecule has 1 aromatic rings. The molecule has 1 aliphatic carbocycles. The predicted molar refractivity (Wildman–Crippen MR) is 80.5 cm³/mol. The summed E-state index contributed by atoms with van der Waals surface area (Å²) in [5.41, 5.74) is 1.57. The van der Waals surface area contributed by atoms with Crippen molar-refractivity contribution in [2.24, 2.45) is 5.92 Å². The number of benzene rings is 1. The zero-order chi connectivity index (χ0) is 14.0. The van der Waals surface area contributed by atoms with E-state index in [1.165, 1.54) is 18.4 Å². The molecule has 110 valence electrons. The van der Waals surface area contributed by atoms with Crippen molar-refractivity contribution in [3.63, 3.8) is 0 Å². The summed E-state index contributed by atoms with van der Waals surface area (Å²) in [7, 11) is 0. The van der Waals surface area contributed by atoms with Crippen LogP contribution in [0.1, 0.15) is 37.8 Å². The first-order valence-corrected chi connectivity index (χ1v) is 7.83. The van der Waals surface area contributed by atoms with Gasteiger partial charge in [0, 0.05) is 31.2 Å². The minimum absolute atomic E-state index is 0.208. The van der Waals surface area contributed by atoms with Crippen LogP contribution in [0.5, 0.6) is 0 Å². The average Bonchev–Trinajstić information content (AvgIpc) is 3.32. The lowest BCUT2D eigenvalue weighted by Gasteiger charge is -2.49. The summed E-state index contributed by atoms with van der Waals surface area (Å²) in [6.45, 7) is 5.05. The Morgan fingerprint density at radius 3 is 2.70 bits per heavy atom. The largest absolute Gasteiger partial charge is 0.307 e. The van der Waals surface area contributed by atoms with Gasteiger partial charge in [0.25, 0.3) is 0 Å². The molecule has 1 N–H and O–H groups in total. The molecule has 1 saturated carbocycles. The number of rotatable bonds is 5. The van der Waals surface area contributed by atoms with Crippen LogP contribution in [-0.2, 0) is 0 Å². The van der Waals surface area contributed by atoms with Gasteiger partial charge < -0.3 is 5.32 Å². The molecule has 20 heavy (non-hydrogen) atoms. The molecule has 2 fully saturated rings. The summed E-state index contributed by atoms with van der Waals surface area (Å²) in [4.78, 5) is 2.54. The van der Waals surface area contributed by atoms with Crippen LogP contribution >= 0.6 is 0 Å². The highest BCUT2D eigenvalue weighted by atomic mass is 19.1. The fraction of sp³-hybridized carbons (Fsp3) is 0.647. The van der Waals surface area contributed by atoms with E-state index in [9.17, 15) is 4.39 Å². The number of hydrogen-bond acceptors (Lipinski definition) is 2. The van der Waals surface area contributed by atoms with Crippen molar-refractivity contribution in [2.45, 2.75) is 37.8 Å². The van der Waals surface area contributed by atoms with Crippen LogP contribution in [0.25, 0.3) is 0 Å². The highest BCUT2D eigenvalue weighted by molar-refractivity contribution is 5.21. The Labute approximate surface area is 121 Å². The maximum Gasteiger partial charge on any atom is 0.0906 e. The first kappa shape index (κ1) is 14.0. The third-order valence-electron chi connectivity index (χ3n) is 5.05. The molecule has 2 aliphatic rings. The SMILES string of the molecule is CC1(C2CC2)CNC(c2ccccc2)CN1CCCF. The second kappa shape index (κ2) is 5.82. The Bertz CT molecular complexity index is 432. The van der Waals surface area contributed by atoms with Gasteiger partial charge in [-0.2, -0.15) is 0 Å². The molecule has 0 amide bonds. The van der Waals surface area contributed by atoms with Crippen LogP contribution in [-0.4, -0.2) is 36.7 Å². The number of piperazine rings is 1. The molecule has 1 aliphatic heterocycles. The molecule has 0 spiro atoms. The lowest BCUT2D eigenvalue weighted by atomic mass is 9.88. The van der Waals surface area contributed by atoms with Crippen molar-refractivity contribution >= 4 is 0 Å². The topological polar surface area (TPSA) is 15.3 Å². The van der Waals surface area contributed by atoms with Crippen molar-refractivity contribution in [1.82, 2.24) is 10.2 Å². The number of alkyl halides is 1. The molecule has 1 aromatic carbocycles. The second-order valence-corrected chi connectivity index (χ2v) is 6.46. The van der Waals surface area contributed by atoms with Crippen molar-refractivity contribution in [3.8, 4) is 0 Å². The Morgan fingerprint density at radius 2 is 2.05 bits per heavy atom. The smallest absolute Gasteiger partial charge is 0.0906 e. The molecule has 1 saturated heterocycles. The lowest BCUT2D eigenvalue weighted by Crippen LogP contribution is -2.61. The molecule has 0 bridgehead atoms. The number of nitrogens with zero attached hydrogens (tertiary/aromatic N) is 1. The summed E-state index contributed by atoms with van der Waals surface area (Å²) in [5.74, 6) is 0.798. The molecule has 0 aromatic heterocycles. The molecule has 3 rings (SSSR count). The summed E-state index contributed by atoms with van der Waals surface area (Å²) < 4.78 is 12.6. The van der Waals surface area contributed by atoms with Crippen LogP contribution in [0.3, 0.4) is 0 Å². The molecule has 2 atom stereocenters. The molecule has 1 heterocycles. The molecule has 2 unspecified atom stereocenters. The highest BCUT2D eigenvalue weighted by Gasteiger charge is 2.48. The highest BCUT2D eigenvalue weighted by Crippen LogP contribution is 2.45. The monoisotopic (exact) mass is 276 g/mol. The van der Waals surface area contributed by atoms with Gasteiger partial charge in [0.2, 0.25) is 0 Å². The summed E-state index contributed by atoms with van der Waals surface area (Å²) >= 11 is 0.